The number of aliphatic carboxylic acids is 1. The van der Waals surface area contributed by atoms with Crippen molar-refractivity contribution in [2.45, 2.75) is 33.4 Å². The number of aryl methyl sites for hydroxylation is 1. The molecule has 0 saturated heterocycles. The fourth-order valence-corrected chi connectivity index (χ4v) is 1.65. The van der Waals surface area contributed by atoms with Crippen molar-refractivity contribution in [3.63, 3.8) is 0 Å². The number of carbonyl (C=O) groups excluding carboxylic acids is 1. The lowest BCUT2D eigenvalue weighted by atomic mass is 10.0. The standard InChI is InChI=1S/C14H21N3O3/c1-9-6-5-7-12(15-9)8-17(4)14(20)16-11(3)10(2)13(18)19/h5-7,10-11H,8H2,1-4H3,(H,16,20)(H,18,19). The van der Waals surface area contributed by atoms with E-state index in [1.807, 2.05) is 25.1 Å². The van der Waals surface area contributed by atoms with E-state index < -0.39 is 17.9 Å². The van der Waals surface area contributed by atoms with Gasteiger partial charge in [0.2, 0.25) is 0 Å². The predicted octanol–water partition coefficient (Wildman–Crippen LogP) is 1.64. The third-order valence-corrected chi connectivity index (χ3v) is 3.18. The molecule has 0 bridgehead atoms. The molecule has 20 heavy (non-hydrogen) atoms. The molecular formula is C14H21N3O3. The number of hydrogen-bond acceptors (Lipinski definition) is 3. The Labute approximate surface area is 118 Å². The van der Waals surface area contributed by atoms with E-state index in [1.165, 1.54) is 4.90 Å². The van der Waals surface area contributed by atoms with E-state index in [9.17, 15) is 9.59 Å². The molecule has 2 N–H and O–H groups in total. The van der Waals surface area contributed by atoms with Gasteiger partial charge in [-0.1, -0.05) is 6.07 Å². The van der Waals surface area contributed by atoms with Crippen LogP contribution in [0.15, 0.2) is 18.2 Å². The minimum Gasteiger partial charge on any atom is -0.481 e. The zero-order valence-electron chi connectivity index (χ0n) is 12.3. The molecule has 0 radical (unpaired) electrons. The summed E-state index contributed by atoms with van der Waals surface area (Å²) in [5, 5.41) is 11.6. The monoisotopic (exact) mass is 279 g/mol. The lowest BCUT2D eigenvalue weighted by molar-refractivity contribution is -0.141. The van der Waals surface area contributed by atoms with E-state index in [1.54, 1.807) is 20.9 Å². The maximum atomic E-state index is 12.0. The van der Waals surface area contributed by atoms with Crippen LogP contribution in [0.3, 0.4) is 0 Å². The van der Waals surface area contributed by atoms with Gasteiger partial charge in [0, 0.05) is 18.8 Å². The molecule has 2 amide bonds. The summed E-state index contributed by atoms with van der Waals surface area (Å²) in [5.74, 6) is -1.56. The van der Waals surface area contributed by atoms with Crippen molar-refractivity contribution in [1.29, 1.82) is 0 Å². The second-order valence-corrected chi connectivity index (χ2v) is 4.99. The molecule has 6 heteroatoms. The molecule has 2 unspecified atom stereocenters. The summed E-state index contributed by atoms with van der Waals surface area (Å²) in [6.07, 6.45) is 0. The first-order valence-corrected chi connectivity index (χ1v) is 6.48. The Morgan fingerprint density at radius 3 is 2.60 bits per heavy atom. The minimum atomic E-state index is -0.930. The highest BCUT2D eigenvalue weighted by atomic mass is 16.4. The molecule has 0 aliphatic rings. The SMILES string of the molecule is Cc1cccc(CN(C)C(=O)NC(C)C(C)C(=O)O)n1. The number of nitrogens with one attached hydrogen (secondary N) is 1. The molecule has 6 nitrogen and oxygen atoms in total. The molecule has 1 aromatic heterocycles. The van der Waals surface area contributed by atoms with E-state index in [0.29, 0.717) is 6.54 Å². The Bertz CT molecular complexity index is 490. The number of rotatable bonds is 5. The summed E-state index contributed by atoms with van der Waals surface area (Å²) >= 11 is 0. The first-order valence-electron chi connectivity index (χ1n) is 6.48. The third kappa shape index (κ3) is 4.53. The highest BCUT2D eigenvalue weighted by Gasteiger charge is 2.22. The first kappa shape index (κ1) is 15.9. The number of carboxylic acid groups (broad SMARTS) is 1. The van der Waals surface area contributed by atoms with E-state index in [0.717, 1.165) is 11.4 Å². The quantitative estimate of drug-likeness (QED) is 0.858. The summed E-state index contributed by atoms with van der Waals surface area (Å²) in [5.41, 5.74) is 1.69. The van der Waals surface area contributed by atoms with Gasteiger partial charge in [-0.15, -0.1) is 0 Å². The highest BCUT2D eigenvalue weighted by Crippen LogP contribution is 2.05. The van der Waals surface area contributed by atoms with Crippen LogP contribution in [-0.2, 0) is 11.3 Å². The molecule has 2 atom stereocenters. The van der Waals surface area contributed by atoms with Gasteiger partial charge in [-0.05, 0) is 32.9 Å². The van der Waals surface area contributed by atoms with Gasteiger partial charge >= 0.3 is 12.0 Å². The summed E-state index contributed by atoms with van der Waals surface area (Å²) < 4.78 is 0. The lowest BCUT2D eigenvalue weighted by Gasteiger charge is -2.23. The van der Waals surface area contributed by atoms with Crippen molar-refractivity contribution in [1.82, 2.24) is 15.2 Å². The smallest absolute Gasteiger partial charge is 0.317 e. The van der Waals surface area contributed by atoms with Crippen LogP contribution in [-0.4, -0.2) is 40.1 Å². The number of aromatic nitrogens is 1. The van der Waals surface area contributed by atoms with E-state index in [-0.39, 0.29) is 6.03 Å². The fourth-order valence-electron chi connectivity index (χ4n) is 1.65. The van der Waals surface area contributed by atoms with Gasteiger partial charge in [0.1, 0.15) is 0 Å². The van der Waals surface area contributed by atoms with Gasteiger partial charge in [0.15, 0.2) is 0 Å². The van der Waals surface area contributed by atoms with Crippen LogP contribution in [0.1, 0.15) is 25.2 Å². The third-order valence-electron chi connectivity index (χ3n) is 3.18. The average molecular weight is 279 g/mol. The molecule has 0 aromatic carbocycles. The molecule has 1 rings (SSSR count). The largest absolute Gasteiger partial charge is 0.481 e. The van der Waals surface area contributed by atoms with E-state index in [4.69, 9.17) is 5.11 Å². The molecule has 0 spiro atoms. The Balaban J connectivity index is 2.57. The van der Waals surface area contributed by atoms with Gasteiger partial charge in [-0.2, -0.15) is 0 Å². The van der Waals surface area contributed by atoms with Gasteiger partial charge < -0.3 is 15.3 Å². The van der Waals surface area contributed by atoms with Crippen LogP contribution in [0.4, 0.5) is 4.79 Å². The molecule has 0 aliphatic carbocycles. The maximum absolute atomic E-state index is 12.0. The van der Waals surface area contributed by atoms with Crippen molar-refractivity contribution in [3.05, 3.63) is 29.6 Å². The van der Waals surface area contributed by atoms with E-state index >= 15 is 0 Å². The van der Waals surface area contributed by atoms with Gasteiger partial charge in [-0.3, -0.25) is 9.78 Å². The molecule has 0 fully saturated rings. The molecule has 0 saturated carbocycles. The van der Waals surface area contributed by atoms with Crippen molar-refractivity contribution in [3.8, 4) is 0 Å². The second-order valence-electron chi connectivity index (χ2n) is 4.99. The van der Waals surface area contributed by atoms with Crippen molar-refractivity contribution in [2.24, 2.45) is 5.92 Å². The number of hydrogen-bond donors (Lipinski definition) is 2. The number of nitrogens with zero attached hydrogens (tertiary/aromatic N) is 2. The first-order chi connectivity index (χ1) is 9.31. The molecule has 1 aromatic rings. The second kappa shape index (κ2) is 6.88. The Morgan fingerprint density at radius 1 is 1.40 bits per heavy atom. The number of amides is 2. The Kier molecular flexibility index (Phi) is 5.49. The normalized spacial score (nSPS) is 13.4. The van der Waals surface area contributed by atoms with Gasteiger partial charge in [0.05, 0.1) is 18.2 Å². The molecular weight excluding hydrogens is 258 g/mol. The lowest BCUT2D eigenvalue weighted by Crippen LogP contribution is -2.45. The van der Waals surface area contributed by atoms with Crippen LogP contribution in [0.25, 0.3) is 0 Å². The summed E-state index contributed by atoms with van der Waals surface area (Å²) in [6.45, 7) is 5.51. The predicted molar refractivity (Wildman–Crippen MR) is 75.2 cm³/mol. The van der Waals surface area contributed by atoms with Crippen molar-refractivity contribution >= 4 is 12.0 Å². The highest BCUT2D eigenvalue weighted by molar-refractivity contribution is 5.76. The maximum Gasteiger partial charge on any atom is 0.317 e. The summed E-state index contributed by atoms with van der Waals surface area (Å²) in [4.78, 5) is 28.6. The Morgan fingerprint density at radius 2 is 2.05 bits per heavy atom. The number of carbonyl (C=O) groups is 2. The Hall–Kier alpha value is -2.11. The number of urea groups is 1. The van der Waals surface area contributed by atoms with Crippen LogP contribution < -0.4 is 5.32 Å². The topological polar surface area (TPSA) is 82.5 Å². The van der Waals surface area contributed by atoms with Crippen LogP contribution in [0, 0.1) is 12.8 Å². The van der Waals surface area contributed by atoms with E-state index in [2.05, 4.69) is 10.3 Å². The average Bonchev–Trinajstić information content (AvgIpc) is 2.37. The van der Waals surface area contributed by atoms with Crippen molar-refractivity contribution in [2.75, 3.05) is 7.05 Å². The zero-order valence-corrected chi connectivity index (χ0v) is 12.3. The zero-order chi connectivity index (χ0) is 15.3. The number of pyridine rings is 1. The summed E-state index contributed by atoms with van der Waals surface area (Å²) in [7, 11) is 1.65. The molecule has 0 aliphatic heterocycles. The minimum absolute atomic E-state index is 0.311. The van der Waals surface area contributed by atoms with Gasteiger partial charge in [-0.25, -0.2) is 4.79 Å². The van der Waals surface area contributed by atoms with Crippen molar-refractivity contribution < 1.29 is 14.7 Å². The molecule has 1 heterocycles. The summed E-state index contributed by atoms with van der Waals surface area (Å²) in [6, 6.07) is 4.88. The van der Waals surface area contributed by atoms with Gasteiger partial charge in [0.25, 0.3) is 0 Å². The number of carboxylic acids is 1. The van der Waals surface area contributed by atoms with Crippen LogP contribution >= 0.6 is 0 Å². The van der Waals surface area contributed by atoms with Crippen LogP contribution in [0.5, 0.6) is 0 Å². The fraction of sp³-hybridized carbons (Fsp3) is 0.500. The van der Waals surface area contributed by atoms with Crippen LogP contribution in [0.2, 0.25) is 0 Å². The molecule has 110 valence electrons.